The molecule has 0 aliphatic carbocycles. The number of hydrogen-bond acceptors (Lipinski definition) is 2. The van der Waals surface area contributed by atoms with Crippen molar-refractivity contribution in [3.05, 3.63) is 69.8 Å². The van der Waals surface area contributed by atoms with Crippen LogP contribution in [-0.2, 0) is 12.7 Å². The van der Waals surface area contributed by atoms with Gasteiger partial charge in [0.05, 0.1) is 5.56 Å². The van der Waals surface area contributed by atoms with Gasteiger partial charge in [-0.15, -0.1) is 0 Å². The van der Waals surface area contributed by atoms with Crippen molar-refractivity contribution in [1.82, 2.24) is 14.8 Å². The molecule has 2 fully saturated rings. The second-order valence-corrected chi connectivity index (χ2v) is 9.96. The molecule has 32 heavy (non-hydrogen) atoms. The average Bonchev–Trinajstić information content (AvgIpc) is 3.15. The lowest BCUT2D eigenvalue weighted by atomic mass is 9.72. The zero-order chi connectivity index (χ0) is 22.5. The molecule has 1 amide bonds. The normalized spacial score (nSPS) is 18.8. The Hall–Kier alpha value is -2.32. The van der Waals surface area contributed by atoms with Crippen LogP contribution in [0.5, 0.6) is 0 Å². The number of likely N-dealkylation sites (tertiary alicyclic amines) is 2. The first-order valence-electron chi connectivity index (χ1n) is 10.7. The van der Waals surface area contributed by atoms with Crippen LogP contribution in [0.25, 0.3) is 10.9 Å². The predicted molar refractivity (Wildman–Crippen MR) is 120 cm³/mol. The fourth-order valence-corrected chi connectivity index (χ4v) is 5.23. The third-order valence-corrected chi connectivity index (χ3v) is 7.25. The van der Waals surface area contributed by atoms with E-state index in [0.717, 1.165) is 72.1 Å². The Balaban J connectivity index is 1.14. The van der Waals surface area contributed by atoms with Gasteiger partial charge in [0.15, 0.2) is 0 Å². The summed E-state index contributed by atoms with van der Waals surface area (Å²) in [4.78, 5) is 20.3. The number of nitrogens with zero attached hydrogens (tertiary/aromatic N) is 2. The molecule has 0 saturated carbocycles. The second-order valence-electron chi connectivity index (χ2n) is 9.05. The summed E-state index contributed by atoms with van der Waals surface area (Å²) in [5.74, 6) is 0.0372. The van der Waals surface area contributed by atoms with Gasteiger partial charge in [-0.25, -0.2) is 0 Å². The Kier molecular flexibility index (Phi) is 5.33. The molecule has 4 nitrogen and oxygen atoms in total. The van der Waals surface area contributed by atoms with E-state index in [1.54, 1.807) is 12.1 Å². The first-order valence-corrected chi connectivity index (χ1v) is 11.5. The summed E-state index contributed by atoms with van der Waals surface area (Å²) in [5, 5.41) is 1.01. The molecule has 0 atom stereocenters. The Labute approximate surface area is 192 Å². The molecule has 0 radical (unpaired) electrons. The minimum absolute atomic E-state index is 0.0372. The lowest BCUT2D eigenvalue weighted by molar-refractivity contribution is -0.137. The van der Waals surface area contributed by atoms with Crippen LogP contribution in [0.15, 0.2) is 53.0 Å². The molecule has 2 saturated heterocycles. The minimum atomic E-state index is -4.30. The molecule has 1 N–H and O–H groups in total. The molecule has 8 heteroatoms. The number of alkyl halides is 3. The van der Waals surface area contributed by atoms with Gasteiger partial charge < -0.3 is 9.88 Å². The van der Waals surface area contributed by atoms with Crippen LogP contribution in [0.4, 0.5) is 13.2 Å². The van der Waals surface area contributed by atoms with Crippen LogP contribution in [0, 0.1) is 5.41 Å². The van der Waals surface area contributed by atoms with Crippen molar-refractivity contribution >= 4 is 32.7 Å². The van der Waals surface area contributed by atoms with E-state index >= 15 is 0 Å². The van der Waals surface area contributed by atoms with Crippen LogP contribution < -0.4 is 0 Å². The molecule has 168 valence electrons. The first kappa shape index (κ1) is 21.5. The third-order valence-electron chi connectivity index (χ3n) is 6.76. The molecule has 0 bridgehead atoms. The van der Waals surface area contributed by atoms with Gasteiger partial charge in [0, 0.05) is 40.4 Å². The summed E-state index contributed by atoms with van der Waals surface area (Å²) >= 11 is 3.46. The Morgan fingerprint density at radius 3 is 2.38 bits per heavy atom. The van der Waals surface area contributed by atoms with Crippen molar-refractivity contribution in [2.75, 3.05) is 26.2 Å². The summed E-state index contributed by atoms with van der Waals surface area (Å²) in [5.41, 5.74) is 2.02. The summed E-state index contributed by atoms with van der Waals surface area (Å²) in [6.07, 6.45) is -2.30. The number of fused-ring (bicyclic) bond motifs is 1. The van der Waals surface area contributed by atoms with E-state index in [1.807, 2.05) is 29.2 Å². The molecule has 3 aromatic rings. The van der Waals surface area contributed by atoms with Crippen LogP contribution in [0.3, 0.4) is 0 Å². The van der Waals surface area contributed by atoms with E-state index in [2.05, 4.69) is 25.8 Å². The number of hydrogen-bond donors (Lipinski definition) is 1. The summed E-state index contributed by atoms with van der Waals surface area (Å²) < 4.78 is 39.2. The van der Waals surface area contributed by atoms with E-state index < -0.39 is 11.7 Å². The van der Waals surface area contributed by atoms with Gasteiger partial charge in [0.25, 0.3) is 5.91 Å². The molecular weight excluding hydrogens is 483 g/mol. The van der Waals surface area contributed by atoms with Gasteiger partial charge in [-0.1, -0.05) is 28.1 Å². The monoisotopic (exact) mass is 505 g/mol. The Morgan fingerprint density at radius 1 is 1.03 bits per heavy atom. The number of H-pyrrole nitrogens is 1. The molecule has 1 spiro atoms. The topological polar surface area (TPSA) is 39.3 Å². The first-order chi connectivity index (χ1) is 15.2. The summed E-state index contributed by atoms with van der Waals surface area (Å²) in [6.45, 7) is 3.96. The van der Waals surface area contributed by atoms with Crippen molar-refractivity contribution in [3.63, 3.8) is 0 Å². The third kappa shape index (κ3) is 4.18. The van der Waals surface area contributed by atoms with Gasteiger partial charge >= 0.3 is 6.18 Å². The number of carbonyl (C=O) groups excluding carboxylic acids is 1. The van der Waals surface area contributed by atoms with Gasteiger partial charge in [-0.05, 0) is 67.9 Å². The van der Waals surface area contributed by atoms with E-state index in [-0.39, 0.29) is 11.3 Å². The number of halogens is 4. The highest BCUT2D eigenvalue weighted by molar-refractivity contribution is 9.10. The lowest BCUT2D eigenvalue weighted by Gasteiger charge is -2.54. The maximum absolute atomic E-state index is 12.9. The number of aromatic amines is 1. The standard InChI is InChI=1S/C24H23BrF3N3O/c25-19-5-6-20-17(11-19)12-21(29-20)22(32)31-14-23(15-31)7-9-30(10-8-23)13-16-1-3-18(4-2-16)24(26,27)28/h1-6,11-12,29H,7-10,13-15H2. The lowest BCUT2D eigenvalue weighted by Crippen LogP contribution is -2.61. The molecule has 2 aliphatic rings. The van der Waals surface area contributed by atoms with Crippen LogP contribution >= 0.6 is 15.9 Å². The highest BCUT2D eigenvalue weighted by Crippen LogP contribution is 2.41. The number of amides is 1. The molecular formula is C24H23BrF3N3O. The molecule has 3 heterocycles. The average molecular weight is 506 g/mol. The maximum Gasteiger partial charge on any atom is 0.416 e. The van der Waals surface area contributed by atoms with Gasteiger partial charge in [0.2, 0.25) is 0 Å². The van der Waals surface area contributed by atoms with Crippen LogP contribution in [-0.4, -0.2) is 46.9 Å². The van der Waals surface area contributed by atoms with Gasteiger partial charge in [-0.2, -0.15) is 13.2 Å². The van der Waals surface area contributed by atoms with E-state index in [9.17, 15) is 18.0 Å². The number of carbonyl (C=O) groups is 1. The van der Waals surface area contributed by atoms with Crippen molar-refractivity contribution in [2.45, 2.75) is 25.6 Å². The molecule has 2 aliphatic heterocycles. The molecule has 0 unspecified atom stereocenters. The smallest absolute Gasteiger partial charge is 0.351 e. The van der Waals surface area contributed by atoms with E-state index in [4.69, 9.17) is 0 Å². The highest BCUT2D eigenvalue weighted by atomic mass is 79.9. The minimum Gasteiger partial charge on any atom is -0.351 e. The maximum atomic E-state index is 12.9. The van der Waals surface area contributed by atoms with Crippen LogP contribution in [0.2, 0.25) is 0 Å². The molecule has 5 rings (SSSR count). The highest BCUT2D eigenvalue weighted by Gasteiger charge is 2.47. The number of nitrogens with one attached hydrogen (secondary N) is 1. The number of piperidine rings is 1. The predicted octanol–water partition coefficient (Wildman–Crippen LogP) is 5.69. The SMILES string of the molecule is O=C(c1cc2cc(Br)ccc2[nH]1)N1CC2(CCN(Cc3ccc(C(F)(F)F)cc3)CC2)C1. The number of aromatic nitrogens is 1. The zero-order valence-electron chi connectivity index (χ0n) is 17.4. The Morgan fingerprint density at radius 2 is 1.72 bits per heavy atom. The van der Waals surface area contributed by atoms with Crippen molar-refractivity contribution in [1.29, 1.82) is 0 Å². The number of benzene rings is 2. The van der Waals surface area contributed by atoms with E-state index in [1.165, 1.54) is 0 Å². The largest absolute Gasteiger partial charge is 0.416 e. The van der Waals surface area contributed by atoms with Crippen molar-refractivity contribution in [2.24, 2.45) is 5.41 Å². The van der Waals surface area contributed by atoms with Gasteiger partial charge in [-0.3, -0.25) is 9.69 Å². The fraction of sp³-hybridized carbons (Fsp3) is 0.375. The quantitative estimate of drug-likeness (QED) is 0.496. The molecule has 2 aromatic carbocycles. The van der Waals surface area contributed by atoms with Crippen molar-refractivity contribution < 1.29 is 18.0 Å². The summed E-state index contributed by atoms with van der Waals surface area (Å²) in [7, 11) is 0. The van der Waals surface area contributed by atoms with E-state index in [0.29, 0.717) is 12.2 Å². The zero-order valence-corrected chi connectivity index (χ0v) is 19.0. The number of rotatable bonds is 3. The van der Waals surface area contributed by atoms with Crippen molar-refractivity contribution in [3.8, 4) is 0 Å². The fourth-order valence-electron chi connectivity index (χ4n) is 4.86. The Bertz CT molecular complexity index is 1140. The van der Waals surface area contributed by atoms with Gasteiger partial charge in [0.1, 0.15) is 5.69 Å². The second kappa shape index (κ2) is 7.92. The molecule has 1 aromatic heterocycles. The summed E-state index contributed by atoms with van der Waals surface area (Å²) in [6, 6.07) is 13.2. The van der Waals surface area contributed by atoms with Crippen LogP contribution in [0.1, 0.15) is 34.5 Å².